The zero-order chi connectivity index (χ0) is 4.83. The fraction of sp³-hybridized carbons (Fsp3) is 1.00. The molecule has 0 aromatic heterocycles. The van der Waals surface area contributed by atoms with Gasteiger partial charge in [-0.1, -0.05) is 39.5 Å². The minimum Gasteiger partial charge on any atom is -1.00 e. The van der Waals surface area contributed by atoms with Gasteiger partial charge in [-0.3, -0.25) is 0 Å². The first-order valence-corrected chi connectivity index (χ1v) is 2.91. The molecule has 0 aromatic carbocycles. The van der Waals surface area contributed by atoms with Crippen LogP contribution in [0.2, 0.25) is 0 Å². The normalized spacial score (nSPS) is 6.75. The van der Waals surface area contributed by atoms with Gasteiger partial charge in [-0.05, 0) is 0 Å². The SMILES string of the molecule is CCCCCC.[H-].[H-].[Li+].[Li+]. The van der Waals surface area contributed by atoms with Gasteiger partial charge in [-0.25, -0.2) is 0 Å². The van der Waals surface area contributed by atoms with Gasteiger partial charge < -0.3 is 2.85 Å². The summed E-state index contributed by atoms with van der Waals surface area (Å²) in [5.74, 6) is 0. The van der Waals surface area contributed by atoms with E-state index in [0.717, 1.165) is 0 Å². The van der Waals surface area contributed by atoms with Crippen LogP contribution in [-0.4, -0.2) is 0 Å². The summed E-state index contributed by atoms with van der Waals surface area (Å²) in [6, 6.07) is 0. The predicted molar refractivity (Wildman–Crippen MR) is 32.0 cm³/mol. The molecule has 0 heterocycles. The third-order valence-electron chi connectivity index (χ3n) is 0.957. The Labute approximate surface area is 80.1 Å². The van der Waals surface area contributed by atoms with Crippen molar-refractivity contribution in [3.05, 3.63) is 0 Å². The molecule has 0 N–H and O–H groups in total. The van der Waals surface area contributed by atoms with Crippen molar-refractivity contribution < 1.29 is 40.6 Å². The summed E-state index contributed by atoms with van der Waals surface area (Å²) in [4.78, 5) is 0. The van der Waals surface area contributed by atoms with Gasteiger partial charge in [-0.15, -0.1) is 0 Å². The molecule has 0 nitrogen and oxygen atoms in total. The molecule has 0 unspecified atom stereocenters. The number of unbranched alkanes of at least 4 members (excludes halogenated alkanes) is 3. The van der Waals surface area contributed by atoms with Gasteiger partial charge >= 0.3 is 37.7 Å². The summed E-state index contributed by atoms with van der Waals surface area (Å²) < 4.78 is 0. The van der Waals surface area contributed by atoms with Crippen molar-refractivity contribution in [1.82, 2.24) is 0 Å². The van der Waals surface area contributed by atoms with E-state index in [4.69, 9.17) is 0 Å². The molecule has 0 aliphatic carbocycles. The van der Waals surface area contributed by atoms with Crippen LogP contribution in [0.4, 0.5) is 0 Å². The number of hydrogen-bond donors (Lipinski definition) is 0. The molecule has 0 amide bonds. The summed E-state index contributed by atoms with van der Waals surface area (Å²) >= 11 is 0. The third-order valence-corrected chi connectivity index (χ3v) is 0.957. The van der Waals surface area contributed by atoms with Crippen LogP contribution in [0.25, 0.3) is 0 Å². The molecule has 0 bridgehead atoms. The van der Waals surface area contributed by atoms with E-state index in [9.17, 15) is 0 Å². The van der Waals surface area contributed by atoms with Crippen molar-refractivity contribution >= 4 is 0 Å². The van der Waals surface area contributed by atoms with Gasteiger partial charge in [0.25, 0.3) is 0 Å². The first-order valence-electron chi connectivity index (χ1n) is 2.91. The maximum atomic E-state index is 2.23. The Kier molecular flexibility index (Phi) is 31.6. The first kappa shape index (κ1) is 16.1. The second-order valence-electron chi connectivity index (χ2n) is 1.71. The minimum atomic E-state index is 0. The van der Waals surface area contributed by atoms with Crippen LogP contribution in [-0.2, 0) is 0 Å². The fourth-order valence-electron chi connectivity index (χ4n) is 0.500. The summed E-state index contributed by atoms with van der Waals surface area (Å²) in [6.45, 7) is 4.46. The molecule has 0 aliphatic rings. The quantitative estimate of drug-likeness (QED) is 0.260. The Morgan fingerprint density at radius 1 is 0.875 bits per heavy atom. The van der Waals surface area contributed by atoms with Crippen LogP contribution in [0.1, 0.15) is 42.4 Å². The van der Waals surface area contributed by atoms with E-state index in [1.165, 1.54) is 25.7 Å². The van der Waals surface area contributed by atoms with Crippen molar-refractivity contribution in [1.29, 1.82) is 0 Å². The van der Waals surface area contributed by atoms with Gasteiger partial charge in [-0.2, -0.15) is 0 Å². The molecular formula is C6H16Li2. The van der Waals surface area contributed by atoms with E-state index < -0.39 is 0 Å². The van der Waals surface area contributed by atoms with Crippen molar-refractivity contribution in [3.63, 3.8) is 0 Å². The van der Waals surface area contributed by atoms with Crippen LogP contribution in [0.5, 0.6) is 0 Å². The van der Waals surface area contributed by atoms with Gasteiger partial charge in [0, 0.05) is 0 Å². The van der Waals surface area contributed by atoms with Crippen molar-refractivity contribution in [3.8, 4) is 0 Å². The summed E-state index contributed by atoms with van der Waals surface area (Å²) in [5.41, 5.74) is 0. The largest absolute Gasteiger partial charge is 1.00 e. The Hall–Kier alpha value is 1.19. The average Bonchev–Trinajstić information content (AvgIpc) is 1.61. The second kappa shape index (κ2) is 15.7. The molecule has 0 spiro atoms. The first-order chi connectivity index (χ1) is 2.91. The standard InChI is InChI=1S/C6H14.2Li.2H/c1-3-5-6-4-2;;;;/h3-6H2,1-2H3;;;;/q;2*+1;2*-1. The second-order valence-corrected chi connectivity index (χ2v) is 1.71. The molecule has 0 aromatic rings. The van der Waals surface area contributed by atoms with Gasteiger partial charge in [0.1, 0.15) is 0 Å². The topological polar surface area (TPSA) is 0 Å². The van der Waals surface area contributed by atoms with Crippen LogP contribution in [0.15, 0.2) is 0 Å². The van der Waals surface area contributed by atoms with E-state index in [-0.39, 0.29) is 40.6 Å². The zero-order valence-electron chi connectivity index (χ0n) is 8.83. The average molecular weight is 102 g/mol. The van der Waals surface area contributed by atoms with E-state index in [0.29, 0.717) is 0 Å². The molecule has 0 radical (unpaired) electrons. The van der Waals surface area contributed by atoms with Gasteiger partial charge in [0.2, 0.25) is 0 Å². The predicted octanol–water partition coefficient (Wildman–Crippen LogP) is -3.18. The van der Waals surface area contributed by atoms with Crippen LogP contribution in [0, 0.1) is 0 Å². The molecule has 2 heteroatoms. The molecule has 0 saturated heterocycles. The van der Waals surface area contributed by atoms with Crippen molar-refractivity contribution in [2.75, 3.05) is 0 Å². The molecule has 0 rings (SSSR count). The van der Waals surface area contributed by atoms with Crippen LogP contribution in [0.3, 0.4) is 0 Å². The monoisotopic (exact) mass is 102 g/mol. The number of hydrogen-bond acceptors (Lipinski definition) is 0. The zero-order valence-corrected chi connectivity index (χ0v) is 6.83. The number of rotatable bonds is 3. The Bertz CT molecular complexity index is 25.7. The summed E-state index contributed by atoms with van der Waals surface area (Å²) in [6.07, 6.45) is 5.54. The van der Waals surface area contributed by atoms with E-state index >= 15 is 0 Å². The molecule has 42 valence electrons. The van der Waals surface area contributed by atoms with Crippen LogP contribution >= 0.6 is 0 Å². The molecule has 0 saturated carbocycles. The smallest absolute Gasteiger partial charge is 1.00 e. The fourth-order valence-corrected chi connectivity index (χ4v) is 0.500. The maximum absolute atomic E-state index is 2.23. The Morgan fingerprint density at radius 3 is 1.25 bits per heavy atom. The molecule has 0 atom stereocenters. The van der Waals surface area contributed by atoms with Crippen LogP contribution < -0.4 is 37.7 Å². The summed E-state index contributed by atoms with van der Waals surface area (Å²) in [5, 5.41) is 0. The molecular weight excluding hydrogens is 85.9 g/mol. The van der Waals surface area contributed by atoms with E-state index in [1.807, 2.05) is 0 Å². The maximum Gasteiger partial charge on any atom is 1.00 e. The summed E-state index contributed by atoms with van der Waals surface area (Å²) in [7, 11) is 0. The Morgan fingerprint density at radius 2 is 1.12 bits per heavy atom. The molecule has 8 heavy (non-hydrogen) atoms. The minimum absolute atomic E-state index is 0. The molecule has 0 aliphatic heterocycles. The van der Waals surface area contributed by atoms with Gasteiger partial charge in [0.15, 0.2) is 0 Å². The third kappa shape index (κ3) is 15.7. The Balaban J connectivity index is -0.0000000208. The van der Waals surface area contributed by atoms with E-state index in [1.54, 1.807) is 0 Å². The van der Waals surface area contributed by atoms with Crippen molar-refractivity contribution in [2.45, 2.75) is 39.5 Å². The van der Waals surface area contributed by atoms with E-state index in [2.05, 4.69) is 13.8 Å². The molecule has 0 fully saturated rings. The van der Waals surface area contributed by atoms with Crippen molar-refractivity contribution in [2.24, 2.45) is 0 Å². The van der Waals surface area contributed by atoms with Gasteiger partial charge in [0.05, 0.1) is 0 Å².